The lowest BCUT2D eigenvalue weighted by Crippen LogP contribution is -2.40. The lowest BCUT2D eigenvalue weighted by molar-refractivity contribution is -0.203. The number of likely N-dealkylation sites (tertiary alicyclic amines) is 1. The van der Waals surface area contributed by atoms with Crippen molar-refractivity contribution in [2.24, 2.45) is 5.92 Å². The molecule has 1 aliphatic rings. The van der Waals surface area contributed by atoms with Crippen LogP contribution in [-0.2, 0) is 29.0 Å². The standard InChI is InChI=1S/C34H32F4N4O7S/c1-3-48-26-18-20(9-12-25(26)35)28(41-21-10-11-22-19(17-21)13-15-40-30(22)39)31(43)42-16-14-24(32(44)49-33(45)34(36,37)38)29(42)23-7-5-6-8-27(23)50(46,47)4-2/h5-13,15,17-18,24,28-29,41H,3-4,14,16H2,1-2H3,(H2,39,40)/t24-,28+,29-/m0/s1. The smallest absolute Gasteiger partial charge is 0.491 e. The van der Waals surface area contributed by atoms with Gasteiger partial charge in [-0.25, -0.2) is 22.6 Å². The van der Waals surface area contributed by atoms with E-state index in [1.807, 2.05) is 0 Å². The minimum absolute atomic E-state index is 0.0526. The number of rotatable bonds is 10. The highest BCUT2D eigenvalue weighted by Crippen LogP contribution is 2.43. The van der Waals surface area contributed by atoms with E-state index in [-0.39, 0.29) is 52.9 Å². The van der Waals surface area contributed by atoms with Crippen LogP contribution in [0.4, 0.5) is 29.1 Å². The molecule has 1 saturated heterocycles. The summed E-state index contributed by atoms with van der Waals surface area (Å²) in [5, 5.41) is 4.42. The molecule has 1 fully saturated rings. The molecule has 50 heavy (non-hydrogen) atoms. The van der Waals surface area contributed by atoms with E-state index < -0.39 is 57.7 Å². The summed E-state index contributed by atoms with van der Waals surface area (Å²) in [5.74, 6) is -7.61. The average Bonchev–Trinajstić information content (AvgIpc) is 3.53. The maximum atomic E-state index is 14.7. The second-order valence-electron chi connectivity index (χ2n) is 11.4. The molecule has 3 aromatic carbocycles. The van der Waals surface area contributed by atoms with Crippen LogP contribution in [0.2, 0.25) is 0 Å². The monoisotopic (exact) mass is 716 g/mol. The van der Waals surface area contributed by atoms with E-state index in [0.717, 1.165) is 11.0 Å². The Hall–Kier alpha value is -5.25. The summed E-state index contributed by atoms with van der Waals surface area (Å²) in [5.41, 5.74) is 6.56. The molecule has 0 spiro atoms. The van der Waals surface area contributed by atoms with Crippen molar-refractivity contribution in [1.82, 2.24) is 9.88 Å². The normalized spacial score (nSPS) is 17.0. The highest BCUT2D eigenvalue weighted by molar-refractivity contribution is 7.91. The first-order chi connectivity index (χ1) is 23.7. The van der Waals surface area contributed by atoms with Crippen LogP contribution in [0.1, 0.15) is 43.5 Å². The predicted octanol–water partition coefficient (Wildman–Crippen LogP) is 5.52. The van der Waals surface area contributed by atoms with Gasteiger partial charge < -0.3 is 25.4 Å². The highest BCUT2D eigenvalue weighted by Gasteiger charge is 2.49. The van der Waals surface area contributed by atoms with Gasteiger partial charge in [-0.3, -0.25) is 9.59 Å². The zero-order valence-electron chi connectivity index (χ0n) is 26.7. The molecule has 4 aromatic rings. The lowest BCUT2D eigenvalue weighted by atomic mass is 9.93. The number of alkyl halides is 3. The van der Waals surface area contributed by atoms with E-state index in [1.165, 1.54) is 49.5 Å². The van der Waals surface area contributed by atoms with Crippen LogP contribution in [0.15, 0.2) is 77.8 Å². The number of hydrogen-bond donors (Lipinski definition) is 2. The second-order valence-corrected chi connectivity index (χ2v) is 13.6. The quantitative estimate of drug-likeness (QED) is 0.122. The number of ether oxygens (including phenoxy) is 2. The zero-order valence-corrected chi connectivity index (χ0v) is 27.6. The van der Waals surface area contributed by atoms with Crippen molar-refractivity contribution in [3.63, 3.8) is 0 Å². The third kappa shape index (κ3) is 7.34. The number of halogens is 4. The van der Waals surface area contributed by atoms with E-state index in [1.54, 1.807) is 31.2 Å². The predicted molar refractivity (Wildman–Crippen MR) is 174 cm³/mol. The molecule has 11 nitrogen and oxygen atoms in total. The van der Waals surface area contributed by atoms with Crippen molar-refractivity contribution in [1.29, 1.82) is 0 Å². The van der Waals surface area contributed by atoms with Crippen LogP contribution in [0.25, 0.3) is 10.8 Å². The topological polar surface area (TPSA) is 158 Å². The largest absolute Gasteiger partial charge is 0.491 e. The fraction of sp³-hybridized carbons (Fsp3) is 0.294. The molecule has 0 aliphatic carbocycles. The number of anilines is 2. The van der Waals surface area contributed by atoms with Crippen molar-refractivity contribution in [2.45, 2.75) is 43.4 Å². The van der Waals surface area contributed by atoms with Crippen molar-refractivity contribution in [3.8, 4) is 5.75 Å². The Kier molecular flexibility index (Phi) is 10.3. The number of aromatic nitrogens is 1. The molecule has 0 saturated carbocycles. The number of pyridine rings is 1. The summed E-state index contributed by atoms with van der Waals surface area (Å²) in [7, 11) is -4.00. The van der Waals surface area contributed by atoms with Gasteiger partial charge >= 0.3 is 18.1 Å². The Bertz CT molecular complexity index is 2060. The van der Waals surface area contributed by atoms with E-state index in [2.05, 4.69) is 15.0 Å². The molecule has 0 radical (unpaired) electrons. The summed E-state index contributed by atoms with van der Waals surface area (Å²) in [4.78, 5) is 44.6. The molecule has 0 unspecified atom stereocenters. The lowest BCUT2D eigenvalue weighted by Gasteiger charge is -2.33. The average molecular weight is 717 g/mol. The number of esters is 2. The van der Waals surface area contributed by atoms with Crippen LogP contribution in [0.5, 0.6) is 5.75 Å². The molecule has 3 N–H and O–H groups in total. The summed E-state index contributed by atoms with van der Waals surface area (Å²) >= 11 is 0. The Morgan fingerprint density at radius 3 is 2.50 bits per heavy atom. The van der Waals surface area contributed by atoms with E-state index in [4.69, 9.17) is 10.5 Å². The van der Waals surface area contributed by atoms with Gasteiger partial charge in [0.25, 0.3) is 0 Å². The van der Waals surface area contributed by atoms with Gasteiger partial charge in [0, 0.05) is 23.8 Å². The SMILES string of the molecule is CCOc1cc([C@@H](Nc2ccc3c(N)nccc3c2)C(=O)N2CC[C@H](C(=O)OC(=O)C(F)(F)F)[C@@H]2c2ccccc2S(=O)(=O)CC)ccc1F. The van der Waals surface area contributed by atoms with Crippen molar-refractivity contribution >= 4 is 50.0 Å². The zero-order chi connectivity index (χ0) is 36.4. The Labute approximate surface area is 284 Å². The van der Waals surface area contributed by atoms with Gasteiger partial charge in [-0.05, 0) is 72.3 Å². The Balaban J connectivity index is 1.64. The number of hydrogen-bond acceptors (Lipinski definition) is 10. The van der Waals surface area contributed by atoms with Crippen LogP contribution in [0.3, 0.4) is 0 Å². The molecule has 2 heterocycles. The molecular weight excluding hydrogens is 684 g/mol. The number of nitrogens with two attached hydrogens (primary N) is 1. The number of nitrogen functional groups attached to an aromatic ring is 1. The second kappa shape index (κ2) is 14.3. The number of carbonyl (C=O) groups is 3. The number of fused-ring (bicyclic) bond motifs is 1. The molecule has 1 aromatic heterocycles. The van der Waals surface area contributed by atoms with Crippen LogP contribution in [0, 0.1) is 11.7 Å². The first kappa shape index (κ1) is 36.0. The minimum atomic E-state index is -5.49. The molecule has 1 aliphatic heterocycles. The number of benzene rings is 3. The van der Waals surface area contributed by atoms with Gasteiger partial charge in [0.1, 0.15) is 11.9 Å². The molecule has 16 heteroatoms. The fourth-order valence-corrected chi connectivity index (χ4v) is 7.08. The first-order valence-electron chi connectivity index (χ1n) is 15.4. The molecule has 5 rings (SSSR count). The maximum Gasteiger partial charge on any atom is 0.491 e. The molecule has 1 amide bonds. The maximum absolute atomic E-state index is 14.7. The number of sulfone groups is 1. The number of amides is 1. The molecule has 264 valence electrons. The van der Waals surface area contributed by atoms with Crippen molar-refractivity contribution in [2.75, 3.05) is 30.0 Å². The Morgan fingerprint density at radius 2 is 1.80 bits per heavy atom. The summed E-state index contributed by atoms with van der Waals surface area (Å²) in [6.07, 6.45) is -4.26. The van der Waals surface area contributed by atoms with Crippen molar-refractivity contribution < 1.29 is 49.8 Å². The first-order valence-corrected chi connectivity index (χ1v) is 17.1. The van der Waals surface area contributed by atoms with Gasteiger partial charge in [0.05, 0.1) is 29.2 Å². The van der Waals surface area contributed by atoms with Gasteiger partial charge in [-0.1, -0.05) is 31.2 Å². The van der Waals surface area contributed by atoms with Gasteiger partial charge in [0.2, 0.25) is 5.91 Å². The van der Waals surface area contributed by atoms with E-state index in [0.29, 0.717) is 16.5 Å². The van der Waals surface area contributed by atoms with Crippen LogP contribution in [-0.4, -0.2) is 61.2 Å². The van der Waals surface area contributed by atoms with Crippen LogP contribution < -0.4 is 15.8 Å². The number of carbonyl (C=O) groups excluding carboxylic acids is 3. The van der Waals surface area contributed by atoms with Gasteiger partial charge in [0.15, 0.2) is 21.4 Å². The van der Waals surface area contributed by atoms with Gasteiger partial charge in [-0.2, -0.15) is 13.2 Å². The van der Waals surface area contributed by atoms with E-state index >= 15 is 0 Å². The Morgan fingerprint density at radius 1 is 1.06 bits per heavy atom. The minimum Gasteiger partial charge on any atom is -0.491 e. The third-order valence-corrected chi connectivity index (χ3v) is 10.1. The highest BCUT2D eigenvalue weighted by atomic mass is 32.2. The fourth-order valence-electron chi connectivity index (χ4n) is 5.94. The van der Waals surface area contributed by atoms with Crippen molar-refractivity contribution in [3.05, 3.63) is 89.9 Å². The summed E-state index contributed by atoms with van der Waals surface area (Å²) < 4.78 is 90.0. The van der Waals surface area contributed by atoms with E-state index in [9.17, 15) is 40.4 Å². The van der Waals surface area contributed by atoms with Gasteiger partial charge in [-0.15, -0.1) is 0 Å². The number of nitrogens with one attached hydrogen (secondary N) is 1. The van der Waals surface area contributed by atoms with Crippen LogP contribution >= 0.6 is 0 Å². The summed E-state index contributed by atoms with van der Waals surface area (Å²) in [6.45, 7) is 2.88. The third-order valence-electron chi connectivity index (χ3n) is 8.30. The molecular formula is C34H32F4N4O7S. The number of nitrogens with zero attached hydrogens (tertiary/aromatic N) is 2. The summed E-state index contributed by atoms with van der Waals surface area (Å²) in [6, 6.07) is 13.1. The molecule has 3 atom stereocenters. The molecule has 0 bridgehead atoms.